The second-order valence-corrected chi connectivity index (χ2v) is 9.79. The van der Waals surface area contributed by atoms with Crippen LogP contribution in [0, 0.1) is 6.92 Å². The van der Waals surface area contributed by atoms with Crippen molar-refractivity contribution in [3.05, 3.63) is 83.9 Å². The Bertz CT molecular complexity index is 1220. The van der Waals surface area contributed by atoms with Gasteiger partial charge in [-0.15, -0.1) is 0 Å². The van der Waals surface area contributed by atoms with Crippen LogP contribution in [0.15, 0.2) is 72.8 Å². The van der Waals surface area contributed by atoms with Crippen LogP contribution in [0.1, 0.15) is 55.5 Å². The summed E-state index contributed by atoms with van der Waals surface area (Å²) in [5, 5.41) is 5.84. The van der Waals surface area contributed by atoms with Gasteiger partial charge in [0, 0.05) is 36.1 Å². The number of rotatable bonds is 10. The Morgan fingerprint density at radius 3 is 2.28 bits per heavy atom. The van der Waals surface area contributed by atoms with Crippen molar-refractivity contribution < 1.29 is 19.2 Å². The molecule has 0 aromatic heterocycles. The summed E-state index contributed by atoms with van der Waals surface area (Å²) in [5.41, 5.74) is 6.06. The standard InChI is InChI=1S/C31H38N4O4/c1-4-24(5-2)32-31(37)33-25-11-14-27(15-12-25)38-29-16-13-26(21-22(29)3)35-19-17-28(18-20-35)39-34-30(36)23-9-7-6-8-10-23/h6-16,21,24,28H,4-5,17-20H2,1-3H3,(H,34,36)(H2,32,33,37). The maximum Gasteiger partial charge on any atom is 0.319 e. The maximum absolute atomic E-state index is 12.2. The first-order chi connectivity index (χ1) is 18.9. The Balaban J connectivity index is 1.25. The molecule has 3 aromatic rings. The highest BCUT2D eigenvalue weighted by Crippen LogP contribution is 2.30. The summed E-state index contributed by atoms with van der Waals surface area (Å²) in [6, 6.07) is 22.6. The molecule has 1 heterocycles. The Morgan fingerprint density at radius 1 is 0.949 bits per heavy atom. The first kappa shape index (κ1) is 28.0. The first-order valence-electron chi connectivity index (χ1n) is 13.7. The molecule has 1 saturated heterocycles. The van der Waals surface area contributed by atoms with Crippen LogP contribution in [0.3, 0.4) is 0 Å². The van der Waals surface area contributed by atoms with E-state index in [0.717, 1.165) is 55.8 Å². The summed E-state index contributed by atoms with van der Waals surface area (Å²) < 4.78 is 6.11. The molecule has 1 aliphatic heterocycles. The van der Waals surface area contributed by atoms with Gasteiger partial charge >= 0.3 is 6.03 Å². The number of benzene rings is 3. The minimum absolute atomic E-state index is 0.0131. The van der Waals surface area contributed by atoms with Gasteiger partial charge in [-0.3, -0.25) is 9.63 Å². The zero-order chi connectivity index (χ0) is 27.6. The smallest absolute Gasteiger partial charge is 0.319 e. The van der Waals surface area contributed by atoms with Crippen LogP contribution in [-0.4, -0.2) is 37.2 Å². The number of hydrogen-bond donors (Lipinski definition) is 3. The third kappa shape index (κ3) is 7.97. The summed E-state index contributed by atoms with van der Waals surface area (Å²) in [7, 11) is 0. The minimum Gasteiger partial charge on any atom is -0.457 e. The third-order valence-electron chi connectivity index (χ3n) is 6.98. The average Bonchev–Trinajstić information content (AvgIpc) is 2.97. The van der Waals surface area contributed by atoms with E-state index in [1.54, 1.807) is 12.1 Å². The fraction of sp³-hybridized carbons (Fsp3) is 0.355. The molecule has 206 valence electrons. The fourth-order valence-electron chi connectivity index (χ4n) is 4.54. The van der Waals surface area contributed by atoms with Crippen molar-refractivity contribution >= 4 is 23.3 Å². The lowest BCUT2D eigenvalue weighted by Crippen LogP contribution is -2.40. The lowest BCUT2D eigenvalue weighted by molar-refractivity contribution is -0.0257. The normalized spacial score (nSPS) is 13.7. The summed E-state index contributed by atoms with van der Waals surface area (Å²) in [5.74, 6) is 1.26. The lowest BCUT2D eigenvalue weighted by atomic mass is 10.1. The predicted octanol–water partition coefficient (Wildman–Crippen LogP) is 6.43. The number of hydrogen-bond acceptors (Lipinski definition) is 5. The van der Waals surface area contributed by atoms with Crippen LogP contribution in [0.2, 0.25) is 0 Å². The molecule has 0 aliphatic carbocycles. The van der Waals surface area contributed by atoms with Crippen molar-refractivity contribution in [1.82, 2.24) is 10.8 Å². The molecule has 8 nitrogen and oxygen atoms in total. The summed E-state index contributed by atoms with van der Waals surface area (Å²) >= 11 is 0. The molecular weight excluding hydrogens is 492 g/mol. The maximum atomic E-state index is 12.2. The number of urea groups is 1. The molecule has 3 amide bonds. The van der Waals surface area contributed by atoms with Crippen molar-refractivity contribution in [2.24, 2.45) is 0 Å². The zero-order valence-corrected chi connectivity index (χ0v) is 22.9. The van der Waals surface area contributed by atoms with E-state index in [1.165, 1.54) is 0 Å². The van der Waals surface area contributed by atoms with Gasteiger partial charge < -0.3 is 20.3 Å². The highest BCUT2D eigenvalue weighted by molar-refractivity contribution is 5.93. The van der Waals surface area contributed by atoms with Gasteiger partial charge in [0.1, 0.15) is 11.5 Å². The predicted molar refractivity (Wildman–Crippen MR) is 154 cm³/mol. The second kappa shape index (κ2) is 13.7. The molecule has 1 fully saturated rings. The SMILES string of the molecule is CCC(CC)NC(=O)Nc1ccc(Oc2ccc(N3CCC(ONC(=O)c4ccccc4)CC3)cc2C)cc1. The summed E-state index contributed by atoms with van der Waals surface area (Å²) in [6.45, 7) is 7.83. The van der Waals surface area contributed by atoms with Crippen LogP contribution in [0.25, 0.3) is 0 Å². The molecule has 3 N–H and O–H groups in total. The van der Waals surface area contributed by atoms with E-state index in [9.17, 15) is 9.59 Å². The fourth-order valence-corrected chi connectivity index (χ4v) is 4.54. The second-order valence-electron chi connectivity index (χ2n) is 9.79. The molecule has 0 radical (unpaired) electrons. The van der Waals surface area contributed by atoms with Gasteiger partial charge in [0.25, 0.3) is 5.91 Å². The van der Waals surface area contributed by atoms with Crippen LogP contribution >= 0.6 is 0 Å². The van der Waals surface area contributed by atoms with Crippen molar-refractivity contribution in [1.29, 1.82) is 0 Å². The number of nitrogens with zero attached hydrogens (tertiary/aromatic N) is 1. The average molecular weight is 531 g/mol. The van der Waals surface area contributed by atoms with Crippen molar-refractivity contribution in [2.45, 2.75) is 58.6 Å². The Morgan fingerprint density at radius 2 is 1.64 bits per heavy atom. The van der Waals surface area contributed by atoms with Gasteiger partial charge in [0.05, 0.1) is 6.10 Å². The van der Waals surface area contributed by atoms with Crippen LogP contribution < -0.4 is 25.8 Å². The monoisotopic (exact) mass is 530 g/mol. The zero-order valence-electron chi connectivity index (χ0n) is 22.9. The van der Waals surface area contributed by atoms with E-state index >= 15 is 0 Å². The number of nitrogens with one attached hydrogen (secondary N) is 3. The Kier molecular flexibility index (Phi) is 9.80. The summed E-state index contributed by atoms with van der Waals surface area (Å²) in [6.07, 6.45) is 3.43. The quantitative estimate of drug-likeness (QED) is 0.263. The van der Waals surface area contributed by atoms with E-state index in [-0.39, 0.29) is 24.1 Å². The molecule has 0 saturated carbocycles. The molecule has 0 bridgehead atoms. The molecule has 0 spiro atoms. The summed E-state index contributed by atoms with van der Waals surface area (Å²) in [4.78, 5) is 32.4. The van der Waals surface area contributed by atoms with E-state index in [1.807, 2.05) is 55.5 Å². The van der Waals surface area contributed by atoms with Crippen LogP contribution in [0.4, 0.5) is 16.2 Å². The molecule has 4 rings (SSSR count). The van der Waals surface area contributed by atoms with Crippen LogP contribution in [0.5, 0.6) is 11.5 Å². The van der Waals surface area contributed by atoms with Crippen LogP contribution in [-0.2, 0) is 4.84 Å². The topological polar surface area (TPSA) is 91.9 Å². The molecule has 0 atom stereocenters. The van der Waals surface area contributed by atoms with Crippen molar-refractivity contribution in [2.75, 3.05) is 23.3 Å². The number of amides is 3. The molecule has 0 unspecified atom stereocenters. The minimum atomic E-state index is -0.224. The van der Waals surface area contributed by atoms with Gasteiger partial charge in [-0.25, -0.2) is 10.3 Å². The third-order valence-corrected chi connectivity index (χ3v) is 6.98. The number of ether oxygens (including phenoxy) is 1. The molecule has 8 heteroatoms. The van der Waals surface area contributed by atoms with Gasteiger partial charge in [-0.1, -0.05) is 32.0 Å². The van der Waals surface area contributed by atoms with Gasteiger partial charge in [-0.05, 0) is 92.8 Å². The Hall–Kier alpha value is -4.04. The van der Waals surface area contributed by atoms with Crippen molar-refractivity contribution in [3.8, 4) is 11.5 Å². The van der Waals surface area contributed by atoms with E-state index in [0.29, 0.717) is 17.0 Å². The van der Waals surface area contributed by atoms with Gasteiger partial charge in [0.15, 0.2) is 0 Å². The Labute approximate surface area is 230 Å². The van der Waals surface area contributed by atoms with E-state index < -0.39 is 0 Å². The number of hydroxylamine groups is 1. The van der Waals surface area contributed by atoms with E-state index in [4.69, 9.17) is 9.57 Å². The molecule has 1 aliphatic rings. The lowest BCUT2D eigenvalue weighted by Gasteiger charge is -2.33. The molecule has 39 heavy (non-hydrogen) atoms. The molecule has 3 aromatic carbocycles. The number of carbonyl (C=O) groups excluding carboxylic acids is 2. The van der Waals surface area contributed by atoms with Gasteiger partial charge in [-0.2, -0.15) is 0 Å². The first-order valence-corrected chi connectivity index (χ1v) is 13.7. The highest BCUT2D eigenvalue weighted by atomic mass is 16.7. The highest BCUT2D eigenvalue weighted by Gasteiger charge is 2.22. The van der Waals surface area contributed by atoms with Crippen molar-refractivity contribution in [3.63, 3.8) is 0 Å². The van der Waals surface area contributed by atoms with E-state index in [2.05, 4.69) is 47.0 Å². The van der Waals surface area contributed by atoms with Gasteiger partial charge in [0.2, 0.25) is 0 Å². The number of anilines is 2. The number of aryl methyl sites for hydroxylation is 1. The number of piperidine rings is 1. The number of carbonyl (C=O) groups is 2. The largest absolute Gasteiger partial charge is 0.457 e. The molecular formula is C31H38N4O4.